The second-order valence-corrected chi connectivity index (χ2v) is 4.09. The highest BCUT2D eigenvalue weighted by molar-refractivity contribution is 4.82. The lowest BCUT2D eigenvalue weighted by molar-refractivity contribution is 0.144. The SMILES string of the molecule is CCOCCCNC(C)CNC1CC1. The van der Waals surface area contributed by atoms with Crippen LogP contribution < -0.4 is 10.6 Å². The van der Waals surface area contributed by atoms with Gasteiger partial charge in [0.2, 0.25) is 0 Å². The maximum Gasteiger partial charge on any atom is 0.0477 e. The minimum Gasteiger partial charge on any atom is -0.382 e. The molecule has 2 N–H and O–H groups in total. The van der Waals surface area contributed by atoms with Gasteiger partial charge in [0, 0.05) is 31.8 Å². The average molecular weight is 200 g/mol. The van der Waals surface area contributed by atoms with Crippen LogP contribution in [0.3, 0.4) is 0 Å². The summed E-state index contributed by atoms with van der Waals surface area (Å²) < 4.78 is 5.27. The maximum absolute atomic E-state index is 5.27. The third-order valence-corrected chi connectivity index (χ3v) is 2.45. The second kappa shape index (κ2) is 7.21. The lowest BCUT2D eigenvalue weighted by Gasteiger charge is -2.14. The molecule has 3 heteroatoms. The van der Waals surface area contributed by atoms with E-state index in [1.807, 2.05) is 6.92 Å². The molecule has 1 saturated carbocycles. The molecule has 1 atom stereocenters. The quantitative estimate of drug-likeness (QED) is 0.548. The lowest BCUT2D eigenvalue weighted by atomic mass is 10.3. The van der Waals surface area contributed by atoms with Crippen molar-refractivity contribution in [1.29, 1.82) is 0 Å². The van der Waals surface area contributed by atoms with E-state index in [-0.39, 0.29) is 0 Å². The minimum atomic E-state index is 0.581. The summed E-state index contributed by atoms with van der Waals surface area (Å²) in [5.41, 5.74) is 0. The molecule has 0 bridgehead atoms. The van der Waals surface area contributed by atoms with Crippen LogP contribution in [0.25, 0.3) is 0 Å². The number of hydrogen-bond donors (Lipinski definition) is 2. The van der Waals surface area contributed by atoms with Gasteiger partial charge in [0.15, 0.2) is 0 Å². The number of rotatable bonds is 9. The standard InChI is InChI=1S/C11H24N2O/c1-3-14-8-4-7-12-10(2)9-13-11-5-6-11/h10-13H,3-9H2,1-2H3. The molecule has 0 saturated heterocycles. The van der Waals surface area contributed by atoms with Crippen molar-refractivity contribution in [2.24, 2.45) is 0 Å². The number of nitrogens with one attached hydrogen (secondary N) is 2. The first-order valence-electron chi connectivity index (χ1n) is 5.87. The van der Waals surface area contributed by atoms with Gasteiger partial charge in [0.05, 0.1) is 0 Å². The molecule has 84 valence electrons. The summed E-state index contributed by atoms with van der Waals surface area (Å²) in [6.45, 7) is 8.14. The molecule has 0 heterocycles. The average Bonchev–Trinajstić information content (AvgIpc) is 2.98. The van der Waals surface area contributed by atoms with Gasteiger partial charge < -0.3 is 15.4 Å². The van der Waals surface area contributed by atoms with Gasteiger partial charge in [-0.3, -0.25) is 0 Å². The molecule has 0 spiro atoms. The van der Waals surface area contributed by atoms with Crippen LogP contribution in [0.2, 0.25) is 0 Å². The third kappa shape index (κ3) is 6.35. The van der Waals surface area contributed by atoms with E-state index in [4.69, 9.17) is 4.74 Å². The molecule has 0 aromatic heterocycles. The Kier molecular flexibility index (Phi) is 6.15. The van der Waals surface area contributed by atoms with E-state index in [0.29, 0.717) is 6.04 Å². The predicted octanol–water partition coefficient (Wildman–Crippen LogP) is 1.14. The fourth-order valence-electron chi connectivity index (χ4n) is 1.37. The minimum absolute atomic E-state index is 0.581. The zero-order valence-corrected chi connectivity index (χ0v) is 9.51. The first-order valence-corrected chi connectivity index (χ1v) is 5.87. The van der Waals surface area contributed by atoms with E-state index in [9.17, 15) is 0 Å². The zero-order valence-electron chi connectivity index (χ0n) is 9.51. The zero-order chi connectivity index (χ0) is 10.2. The van der Waals surface area contributed by atoms with Gasteiger partial charge in [-0.05, 0) is 39.7 Å². The topological polar surface area (TPSA) is 33.3 Å². The van der Waals surface area contributed by atoms with Crippen LogP contribution in [0, 0.1) is 0 Å². The molecule has 1 fully saturated rings. The first-order chi connectivity index (χ1) is 6.83. The van der Waals surface area contributed by atoms with Crippen molar-refractivity contribution in [2.75, 3.05) is 26.3 Å². The molecule has 1 aliphatic rings. The number of ether oxygens (including phenoxy) is 1. The Balaban J connectivity index is 1.79. The van der Waals surface area contributed by atoms with Gasteiger partial charge in [0.25, 0.3) is 0 Å². The van der Waals surface area contributed by atoms with Crippen LogP contribution in [0.15, 0.2) is 0 Å². The van der Waals surface area contributed by atoms with Gasteiger partial charge in [-0.2, -0.15) is 0 Å². The fraction of sp³-hybridized carbons (Fsp3) is 1.00. The summed E-state index contributed by atoms with van der Waals surface area (Å²) in [5.74, 6) is 0. The first kappa shape index (κ1) is 12.0. The van der Waals surface area contributed by atoms with Crippen LogP contribution >= 0.6 is 0 Å². The Morgan fingerprint density at radius 3 is 2.86 bits per heavy atom. The molecule has 3 nitrogen and oxygen atoms in total. The Bertz CT molecular complexity index is 137. The van der Waals surface area contributed by atoms with Crippen LogP contribution in [-0.2, 0) is 4.74 Å². The monoisotopic (exact) mass is 200 g/mol. The summed E-state index contributed by atoms with van der Waals surface area (Å²) >= 11 is 0. The van der Waals surface area contributed by atoms with Crippen molar-refractivity contribution in [2.45, 2.75) is 45.2 Å². The van der Waals surface area contributed by atoms with Crippen molar-refractivity contribution in [1.82, 2.24) is 10.6 Å². The smallest absolute Gasteiger partial charge is 0.0477 e. The van der Waals surface area contributed by atoms with Gasteiger partial charge in [-0.1, -0.05) is 0 Å². The van der Waals surface area contributed by atoms with Crippen molar-refractivity contribution in [3.8, 4) is 0 Å². The largest absolute Gasteiger partial charge is 0.382 e. The summed E-state index contributed by atoms with van der Waals surface area (Å²) in [5, 5.41) is 7.00. The highest BCUT2D eigenvalue weighted by Crippen LogP contribution is 2.18. The van der Waals surface area contributed by atoms with Crippen molar-refractivity contribution >= 4 is 0 Å². The normalized spacial score (nSPS) is 18.4. The molecule has 1 aliphatic carbocycles. The highest BCUT2D eigenvalue weighted by Gasteiger charge is 2.20. The Hall–Kier alpha value is -0.120. The predicted molar refractivity (Wildman–Crippen MR) is 59.6 cm³/mol. The molecule has 0 aliphatic heterocycles. The summed E-state index contributed by atoms with van der Waals surface area (Å²) in [4.78, 5) is 0. The van der Waals surface area contributed by atoms with Crippen molar-refractivity contribution < 1.29 is 4.74 Å². The molecule has 1 rings (SSSR count). The van der Waals surface area contributed by atoms with E-state index in [0.717, 1.165) is 38.8 Å². The second-order valence-electron chi connectivity index (χ2n) is 4.09. The van der Waals surface area contributed by atoms with E-state index >= 15 is 0 Å². The molecule has 14 heavy (non-hydrogen) atoms. The highest BCUT2D eigenvalue weighted by atomic mass is 16.5. The van der Waals surface area contributed by atoms with Crippen LogP contribution in [-0.4, -0.2) is 38.4 Å². The molecule has 0 amide bonds. The maximum atomic E-state index is 5.27. The molecule has 0 aromatic rings. The van der Waals surface area contributed by atoms with Crippen molar-refractivity contribution in [3.05, 3.63) is 0 Å². The summed E-state index contributed by atoms with van der Waals surface area (Å²) in [6, 6.07) is 1.40. The van der Waals surface area contributed by atoms with Gasteiger partial charge in [-0.25, -0.2) is 0 Å². The Morgan fingerprint density at radius 2 is 2.21 bits per heavy atom. The van der Waals surface area contributed by atoms with Crippen molar-refractivity contribution in [3.63, 3.8) is 0 Å². The molecule has 0 radical (unpaired) electrons. The van der Waals surface area contributed by atoms with E-state index in [2.05, 4.69) is 17.6 Å². The summed E-state index contributed by atoms with van der Waals surface area (Å²) in [7, 11) is 0. The van der Waals surface area contributed by atoms with Gasteiger partial charge >= 0.3 is 0 Å². The van der Waals surface area contributed by atoms with Crippen LogP contribution in [0.1, 0.15) is 33.1 Å². The Labute approximate surface area is 87.6 Å². The molecular weight excluding hydrogens is 176 g/mol. The molecule has 0 aromatic carbocycles. The third-order valence-electron chi connectivity index (χ3n) is 2.45. The van der Waals surface area contributed by atoms with Crippen LogP contribution in [0.4, 0.5) is 0 Å². The fourth-order valence-corrected chi connectivity index (χ4v) is 1.37. The van der Waals surface area contributed by atoms with E-state index in [1.165, 1.54) is 12.8 Å². The number of hydrogen-bond acceptors (Lipinski definition) is 3. The lowest BCUT2D eigenvalue weighted by Crippen LogP contribution is -2.37. The summed E-state index contributed by atoms with van der Waals surface area (Å²) in [6.07, 6.45) is 3.86. The van der Waals surface area contributed by atoms with Gasteiger partial charge in [0.1, 0.15) is 0 Å². The molecule has 1 unspecified atom stereocenters. The van der Waals surface area contributed by atoms with E-state index < -0.39 is 0 Å². The Morgan fingerprint density at radius 1 is 1.43 bits per heavy atom. The van der Waals surface area contributed by atoms with Gasteiger partial charge in [-0.15, -0.1) is 0 Å². The molecular formula is C11H24N2O. The van der Waals surface area contributed by atoms with E-state index in [1.54, 1.807) is 0 Å². The van der Waals surface area contributed by atoms with Crippen LogP contribution in [0.5, 0.6) is 0 Å².